The Hall–Kier alpha value is -0.470. The SMILES string of the molecule is CCSCCC(CO)c1ccccc1. The van der Waals surface area contributed by atoms with Gasteiger partial charge in [0, 0.05) is 12.5 Å². The molecule has 0 fully saturated rings. The van der Waals surface area contributed by atoms with Crippen LogP contribution < -0.4 is 0 Å². The van der Waals surface area contributed by atoms with Gasteiger partial charge < -0.3 is 5.11 Å². The van der Waals surface area contributed by atoms with Crippen molar-refractivity contribution in [1.29, 1.82) is 0 Å². The molecular weight excluding hydrogens is 192 g/mol. The number of hydrogen-bond acceptors (Lipinski definition) is 2. The Morgan fingerprint density at radius 2 is 2.00 bits per heavy atom. The molecule has 0 saturated carbocycles. The molecule has 0 spiro atoms. The molecule has 0 bridgehead atoms. The van der Waals surface area contributed by atoms with Gasteiger partial charge in [-0.3, -0.25) is 0 Å². The van der Waals surface area contributed by atoms with Crippen LogP contribution in [0.1, 0.15) is 24.8 Å². The highest BCUT2D eigenvalue weighted by molar-refractivity contribution is 7.99. The van der Waals surface area contributed by atoms with E-state index >= 15 is 0 Å². The van der Waals surface area contributed by atoms with Gasteiger partial charge in [0.25, 0.3) is 0 Å². The van der Waals surface area contributed by atoms with Crippen LogP contribution in [0.25, 0.3) is 0 Å². The Balaban J connectivity index is 2.46. The molecule has 1 aromatic carbocycles. The zero-order valence-electron chi connectivity index (χ0n) is 8.65. The largest absolute Gasteiger partial charge is 0.396 e. The third-order valence-electron chi connectivity index (χ3n) is 2.31. The van der Waals surface area contributed by atoms with Crippen LogP contribution >= 0.6 is 11.8 Å². The minimum atomic E-state index is 0.258. The molecule has 0 aliphatic heterocycles. The molecule has 0 heterocycles. The van der Waals surface area contributed by atoms with Crippen LogP contribution in [0.15, 0.2) is 30.3 Å². The summed E-state index contributed by atoms with van der Waals surface area (Å²) in [4.78, 5) is 0. The predicted octanol–water partition coefficient (Wildman–Crippen LogP) is 2.91. The number of benzene rings is 1. The maximum atomic E-state index is 9.27. The van der Waals surface area contributed by atoms with Crippen molar-refractivity contribution in [3.05, 3.63) is 35.9 Å². The second-order valence-electron chi connectivity index (χ2n) is 3.28. The van der Waals surface area contributed by atoms with E-state index in [9.17, 15) is 5.11 Å². The lowest BCUT2D eigenvalue weighted by Gasteiger charge is -2.13. The van der Waals surface area contributed by atoms with Crippen molar-refractivity contribution in [2.75, 3.05) is 18.1 Å². The molecular formula is C12H18OS. The standard InChI is InChI=1S/C12H18OS/c1-2-14-9-8-12(10-13)11-6-4-3-5-7-11/h3-7,12-13H,2,8-10H2,1H3. The van der Waals surface area contributed by atoms with Crippen molar-refractivity contribution in [2.24, 2.45) is 0 Å². The van der Waals surface area contributed by atoms with Gasteiger partial charge in [0.1, 0.15) is 0 Å². The zero-order valence-corrected chi connectivity index (χ0v) is 9.46. The van der Waals surface area contributed by atoms with E-state index in [1.807, 2.05) is 30.0 Å². The zero-order chi connectivity index (χ0) is 10.2. The van der Waals surface area contributed by atoms with E-state index in [-0.39, 0.29) is 6.61 Å². The molecule has 1 atom stereocenters. The summed E-state index contributed by atoms with van der Waals surface area (Å²) >= 11 is 1.94. The van der Waals surface area contributed by atoms with Crippen molar-refractivity contribution in [2.45, 2.75) is 19.3 Å². The quantitative estimate of drug-likeness (QED) is 0.729. The van der Waals surface area contributed by atoms with Gasteiger partial charge in [-0.15, -0.1) is 0 Å². The molecule has 1 aromatic rings. The fourth-order valence-corrected chi connectivity index (χ4v) is 2.20. The van der Waals surface area contributed by atoms with Crippen LogP contribution in [-0.2, 0) is 0 Å². The van der Waals surface area contributed by atoms with E-state index in [4.69, 9.17) is 0 Å². The van der Waals surface area contributed by atoms with Gasteiger partial charge >= 0.3 is 0 Å². The Kier molecular flexibility index (Phi) is 5.72. The normalized spacial score (nSPS) is 12.7. The van der Waals surface area contributed by atoms with Crippen molar-refractivity contribution >= 4 is 11.8 Å². The summed E-state index contributed by atoms with van der Waals surface area (Å²) in [6.07, 6.45) is 1.07. The lowest BCUT2D eigenvalue weighted by atomic mass is 9.98. The summed E-state index contributed by atoms with van der Waals surface area (Å²) in [6.45, 7) is 2.43. The lowest BCUT2D eigenvalue weighted by molar-refractivity contribution is 0.263. The van der Waals surface area contributed by atoms with Crippen molar-refractivity contribution in [3.63, 3.8) is 0 Å². The molecule has 1 N–H and O–H groups in total. The van der Waals surface area contributed by atoms with Gasteiger partial charge in [-0.05, 0) is 23.5 Å². The van der Waals surface area contributed by atoms with Gasteiger partial charge in [-0.25, -0.2) is 0 Å². The summed E-state index contributed by atoms with van der Waals surface area (Å²) < 4.78 is 0. The van der Waals surface area contributed by atoms with E-state index in [1.54, 1.807) is 0 Å². The lowest BCUT2D eigenvalue weighted by Crippen LogP contribution is -2.05. The number of hydrogen-bond donors (Lipinski definition) is 1. The molecule has 0 radical (unpaired) electrons. The highest BCUT2D eigenvalue weighted by Gasteiger charge is 2.08. The molecule has 1 unspecified atom stereocenters. The van der Waals surface area contributed by atoms with Crippen LogP contribution in [0.5, 0.6) is 0 Å². The smallest absolute Gasteiger partial charge is 0.0500 e. The highest BCUT2D eigenvalue weighted by atomic mass is 32.2. The van der Waals surface area contributed by atoms with Crippen LogP contribution in [0.4, 0.5) is 0 Å². The maximum absolute atomic E-state index is 9.27. The van der Waals surface area contributed by atoms with Gasteiger partial charge in [-0.2, -0.15) is 11.8 Å². The van der Waals surface area contributed by atoms with Gasteiger partial charge in [0.05, 0.1) is 0 Å². The molecule has 0 amide bonds. The molecule has 0 aliphatic carbocycles. The van der Waals surface area contributed by atoms with Gasteiger partial charge in [-0.1, -0.05) is 37.3 Å². The van der Waals surface area contributed by atoms with E-state index in [2.05, 4.69) is 19.1 Å². The Morgan fingerprint density at radius 1 is 1.29 bits per heavy atom. The second-order valence-corrected chi connectivity index (χ2v) is 4.67. The van der Waals surface area contributed by atoms with Crippen LogP contribution in [0, 0.1) is 0 Å². The van der Waals surface area contributed by atoms with Gasteiger partial charge in [0.2, 0.25) is 0 Å². The summed E-state index contributed by atoms with van der Waals surface area (Å²) in [7, 11) is 0. The van der Waals surface area contributed by atoms with E-state index in [0.717, 1.165) is 17.9 Å². The van der Waals surface area contributed by atoms with Crippen LogP contribution in [-0.4, -0.2) is 23.2 Å². The van der Waals surface area contributed by atoms with E-state index in [1.165, 1.54) is 5.56 Å². The molecule has 2 heteroatoms. The second kappa shape index (κ2) is 6.91. The number of aliphatic hydroxyl groups excluding tert-OH is 1. The summed E-state index contributed by atoms with van der Waals surface area (Å²) in [5, 5.41) is 9.27. The van der Waals surface area contributed by atoms with Crippen molar-refractivity contribution in [1.82, 2.24) is 0 Å². The van der Waals surface area contributed by atoms with E-state index in [0.29, 0.717) is 5.92 Å². The fraction of sp³-hybridized carbons (Fsp3) is 0.500. The van der Waals surface area contributed by atoms with Crippen LogP contribution in [0.2, 0.25) is 0 Å². The van der Waals surface area contributed by atoms with Crippen molar-refractivity contribution < 1.29 is 5.11 Å². The minimum Gasteiger partial charge on any atom is -0.396 e. The summed E-state index contributed by atoms with van der Waals surface area (Å²) in [5.41, 5.74) is 1.26. The third-order valence-corrected chi connectivity index (χ3v) is 3.24. The Bertz CT molecular complexity index is 235. The first-order chi connectivity index (χ1) is 6.88. The molecule has 0 aromatic heterocycles. The first-order valence-corrected chi connectivity index (χ1v) is 6.27. The highest BCUT2D eigenvalue weighted by Crippen LogP contribution is 2.20. The molecule has 78 valence electrons. The molecule has 0 saturated heterocycles. The van der Waals surface area contributed by atoms with Crippen molar-refractivity contribution in [3.8, 4) is 0 Å². The Labute approximate surface area is 90.5 Å². The summed E-state index contributed by atoms with van der Waals surface area (Å²) in [5.74, 6) is 2.61. The number of rotatable bonds is 6. The average molecular weight is 210 g/mol. The van der Waals surface area contributed by atoms with Gasteiger partial charge in [0.15, 0.2) is 0 Å². The number of aliphatic hydroxyl groups is 1. The maximum Gasteiger partial charge on any atom is 0.0500 e. The molecule has 14 heavy (non-hydrogen) atoms. The van der Waals surface area contributed by atoms with E-state index < -0.39 is 0 Å². The summed E-state index contributed by atoms with van der Waals surface area (Å²) in [6, 6.07) is 10.3. The molecule has 0 aliphatic rings. The first-order valence-electron chi connectivity index (χ1n) is 5.12. The number of thioether (sulfide) groups is 1. The third kappa shape index (κ3) is 3.72. The average Bonchev–Trinajstić information content (AvgIpc) is 2.26. The first kappa shape index (κ1) is 11.6. The molecule has 1 rings (SSSR count). The monoisotopic (exact) mass is 210 g/mol. The Morgan fingerprint density at radius 3 is 2.57 bits per heavy atom. The fourth-order valence-electron chi connectivity index (χ4n) is 1.46. The molecule has 1 nitrogen and oxygen atoms in total. The predicted molar refractivity (Wildman–Crippen MR) is 63.9 cm³/mol. The minimum absolute atomic E-state index is 0.258. The topological polar surface area (TPSA) is 20.2 Å². The van der Waals surface area contributed by atoms with Crippen LogP contribution in [0.3, 0.4) is 0 Å².